The highest BCUT2D eigenvalue weighted by Gasteiger charge is 2.51. The van der Waals surface area contributed by atoms with E-state index in [4.69, 9.17) is 0 Å². The van der Waals surface area contributed by atoms with E-state index in [9.17, 15) is 9.90 Å². The second-order valence-corrected chi connectivity index (χ2v) is 9.43. The number of benzene rings is 2. The smallest absolute Gasteiger partial charge is 0.257 e. The van der Waals surface area contributed by atoms with Crippen LogP contribution in [0.25, 0.3) is 0 Å². The zero-order chi connectivity index (χ0) is 20.6. The van der Waals surface area contributed by atoms with Crippen molar-refractivity contribution in [2.75, 3.05) is 6.54 Å². The third kappa shape index (κ3) is 3.46. The number of aliphatic hydroxyl groups is 1. The predicted molar refractivity (Wildman–Crippen MR) is 118 cm³/mol. The Hall–Kier alpha value is -2.17. The van der Waals surface area contributed by atoms with Crippen LogP contribution >= 0.6 is 0 Å². The van der Waals surface area contributed by atoms with Crippen LogP contribution in [0.3, 0.4) is 0 Å². The monoisotopic (exact) mass is 404 g/mol. The van der Waals surface area contributed by atoms with E-state index in [-0.39, 0.29) is 17.9 Å². The van der Waals surface area contributed by atoms with Gasteiger partial charge in [0.15, 0.2) is 5.60 Å². The highest BCUT2D eigenvalue weighted by molar-refractivity contribution is 5.87. The molecule has 4 nitrogen and oxygen atoms in total. The standard InChI is InChI=1S/C26H32N2O2/c29-25(26(30,22-13-7-8-14-22)21-11-5-2-6-12-21)27-24-20-15-16-23(24)28(18-20)17-19-9-3-1-4-10-19/h1-6,9-12,20,22-24,30H,7-8,13-18H2,(H,27,29). The van der Waals surface area contributed by atoms with E-state index in [0.29, 0.717) is 12.0 Å². The van der Waals surface area contributed by atoms with Crippen LogP contribution in [0.4, 0.5) is 0 Å². The third-order valence-corrected chi connectivity index (χ3v) is 7.73. The molecule has 2 N–H and O–H groups in total. The van der Waals surface area contributed by atoms with Crippen LogP contribution in [-0.4, -0.2) is 34.5 Å². The van der Waals surface area contributed by atoms with Crippen molar-refractivity contribution in [1.82, 2.24) is 10.2 Å². The number of nitrogens with zero attached hydrogens (tertiary/aromatic N) is 1. The number of carbonyl (C=O) groups is 1. The van der Waals surface area contributed by atoms with Gasteiger partial charge in [0.2, 0.25) is 0 Å². The molecule has 1 amide bonds. The van der Waals surface area contributed by atoms with Gasteiger partial charge in [-0.1, -0.05) is 73.5 Å². The fourth-order valence-corrected chi connectivity index (χ4v) is 6.17. The molecule has 2 aliphatic carbocycles. The zero-order valence-electron chi connectivity index (χ0n) is 17.5. The Morgan fingerprint density at radius 3 is 2.33 bits per heavy atom. The predicted octanol–water partition coefficient (Wildman–Crippen LogP) is 3.84. The number of fused-ring (bicyclic) bond motifs is 2. The van der Waals surface area contributed by atoms with Gasteiger partial charge in [0.1, 0.15) is 0 Å². The second kappa shape index (κ2) is 8.16. The SMILES string of the molecule is O=C(NC1C2CCC1N(Cc1ccccc1)C2)C(O)(c1ccccc1)C1CCCC1. The Bertz CT molecular complexity index is 865. The molecule has 2 bridgehead atoms. The summed E-state index contributed by atoms with van der Waals surface area (Å²) < 4.78 is 0. The lowest BCUT2D eigenvalue weighted by molar-refractivity contribution is -0.148. The van der Waals surface area contributed by atoms with Crippen molar-refractivity contribution in [1.29, 1.82) is 0 Å². The molecule has 2 aromatic carbocycles. The second-order valence-electron chi connectivity index (χ2n) is 9.43. The summed E-state index contributed by atoms with van der Waals surface area (Å²) in [6.45, 7) is 1.96. The summed E-state index contributed by atoms with van der Waals surface area (Å²) in [7, 11) is 0. The highest BCUT2D eigenvalue weighted by Crippen LogP contribution is 2.43. The van der Waals surface area contributed by atoms with Crippen LogP contribution in [0.2, 0.25) is 0 Å². The molecule has 0 radical (unpaired) electrons. The van der Waals surface area contributed by atoms with E-state index in [1.165, 1.54) is 5.56 Å². The average molecular weight is 405 g/mol. The van der Waals surface area contributed by atoms with Gasteiger partial charge < -0.3 is 10.4 Å². The van der Waals surface area contributed by atoms with E-state index in [0.717, 1.165) is 57.2 Å². The first-order valence-electron chi connectivity index (χ1n) is 11.5. The Morgan fingerprint density at radius 2 is 1.63 bits per heavy atom. The summed E-state index contributed by atoms with van der Waals surface area (Å²) in [5.41, 5.74) is 0.632. The first-order valence-corrected chi connectivity index (χ1v) is 11.5. The molecule has 30 heavy (non-hydrogen) atoms. The first-order chi connectivity index (χ1) is 14.7. The molecule has 1 aliphatic heterocycles. The maximum Gasteiger partial charge on any atom is 0.257 e. The van der Waals surface area contributed by atoms with Gasteiger partial charge in [0, 0.05) is 31.1 Å². The van der Waals surface area contributed by atoms with Crippen molar-refractivity contribution >= 4 is 5.91 Å². The summed E-state index contributed by atoms with van der Waals surface area (Å²) in [6.07, 6.45) is 6.29. The molecule has 4 unspecified atom stereocenters. The molecule has 2 saturated carbocycles. The number of likely N-dealkylation sites (tertiary alicyclic amines) is 1. The number of hydrogen-bond acceptors (Lipinski definition) is 3. The topological polar surface area (TPSA) is 52.6 Å². The minimum absolute atomic E-state index is 0.000576. The van der Waals surface area contributed by atoms with E-state index >= 15 is 0 Å². The molecule has 5 rings (SSSR count). The summed E-state index contributed by atoms with van der Waals surface area (Å²) >= 11 is 0. The number of piperidine rings is 1. The number of nitrogens with one attached hydrogen (secondary N) is 1. The third-order valence-electron chi connectivity index (χ3n) is 7.73. The Labute approximate surface area is 179 Å². The number of carbonyl (C=O) groups excluding carboxylic acids is 1. The van der Waals surface area contributed by atoms with Gasteiger partial charge in [-0.05, 0) is 42.7 Å². The Kier molecular flexibility index (Phi) is 5.38. The minimum atomic E-state index is -1.43. The Morgan fingerprint density at radius 1 is 0.967 bits per heavy atom. The van der Waals surface area contributed by atoms with E-state index in [1.807, 2.05) is 30.3 Å². The molecular weight excluding hydrogens is 372 g/mol. The zero-order valence-corrected chi connectivity index (χ0v) is 17.5. The van der Waals surface area contributed by atoms with Crippen LogP contribution in [-0.2, 0) is 16.9 Å². The van der Waals surface area contributed by atoms with Crippen molar-refractivity contribution in [2.24, 2.45) is 11.8 Å². The molecule has 1 saturated heterocycles. The van der Waals surface area contributed by atoms with Crippen LogP contribution in [0.1, 0.15) is 49.7 Å². The van der Waals surface area contributed by atoms with Gasteiger partial charge in [-0.15, -0.1) is 0 Å². The quantitative estimate of drug-likeness (QED) is 0.769. The van der Waals surface area contributed by atoms with Crippen molar-refractivity contribution in [3.63, 3.8) is 0 Å². The lowest BCUT2D eigenvalue weighted by atomic mass is 9.79. The molecule has 0 spiro atoms. The Balaban J connectivity index is 1.34. The maximum absolute atomic E-state index is 13.6. The normalized spacial score (nSPS) is 28.5. The number of hydrogen-bond donors (Lipinski definition) is 2. The van der Waals surface area contributed by atoms with Gasteiger partial charge in [0.05, 0.1) is 0 Å². The molecular formula is C26H32N2O2. The van der Waals surface area contributed by atoms with E-state index < -0.39 is 5.60 Å². The fraction of sp³-hybridized carbons (Fsp3) is 0.500. The summed E-state index contributed by atoms with van der Waals surface area (Å²) in [5, 5.41) is 15.1. The summed E-state index contributed by atoms with van der Waals surface area (Å²) in [4.78, 5) is 16.1. The molecule has 4 atom stereocenters. The van der Waals surface area contributed by atoms with Crippen molar-refractivity contribution in [3.05, 3.63) is 71.8 Å². The van der Waals surface area contributed by atoms with Gasteiger partial charge in [-0.25, -0.2) is 0 Å². The number of amides is 1. The molecule has 4 heteroatoms. The van der Waals surface area contributed by atoms with Crippen molar-refractivity contribution in [3.8, 4) is 0 Å². The van der Waals surface area contributed by atoms with Crippen molar-refractivity contribution < 1.29 is 9.90 Å². The van der Waals surface area contributed by atoms with Crippen LogP contribution in [0.5, 0.6) is 0 Å². The fourth-order valence-electron chi connectivity index (χ4n) is 6.17. The lowest BCUT2D eigenvalue weighted by Crippen LogP contribution is -2.54. The van der Waals surface area contributed by atoms with Gasteiger partial charge in [-0.3, -0.25) is 9.69 Å². The van der Waals surface area contributed by atoms with Crippen LogP contribution < -0.4 is 5.32 Å². The van der Waals surface area contributed by atoms with Crippen LogP contribution in [0.15, 0.2) is 60.7 Å². The molecule has 0 aromatic heterocycles. The van der Waals surface area contributed by atoms with Crippen LogP contribution in [0, 0.1) is 11.8 Å². The number of rotatable bonds is 6. The maximum atomic E-state index is 13.6. The molecule has 3 fully saturated rings. The largest absolute Gasteiger partial charge is 0.375 e. The molecule has 158 valence electrons. The highest BCUT2D eigenvalue weighted by atomic mass is 16.3. The molecule has 3 aliphatic rings. The summed E-state index contributed by atoms with van der Waals surface area (Å²) in [6, 6.07) is 20.7. The lowest BCUT2D eigenvalue weighted by Gasteiger charge is -2.35. The van der Waals surface area contributed by atoms with Gasteiger partial charge >= 0.3 is 0 Å². The van der Waals surface area contributed by atoms with E-state index in [1.54, 1.807) is 0 Å². The first kappa shape index (κ1) is 19.8. The average Bonchev–Trinajstić information content (AvgIpc) is 3.52. The molecule has 1 heterocycles. The summed E-state index contributed by atoms with van der Waals surface area (Å²) in [5.74, 6) is 0.287. The van der Waals surface area contributed by atoms with Crippen molar-refractivity contribution in [2.45, 2.75) is 62.8 Å². The van der Waals surface area contributed by atoms with Gasteiger partial charge in [-0.2, -0.15) is 0 Å². The minimum Gasteiger partial charge on any atom is -0.375 e. The van der Waals surface area contributed by atoms with Gasteiger partial charge in [0.25, 0.3) is 5.91 Å². The van der Waals surface area contributed by atoms with E-state index in [2.05, 4.69) is 40.5 Å². The molecule has 2 aromatic rings.